The summed E-state index contributed by atoms with van der Waals surface area (Å²) in [5, 5.41) is 0. The fourth-order valence-electron chi connectivity index (χ4n) is 1.44. The van der Waals surface area contributed by atoms with Gasteiger partial charge in [-0.1, -0.05) is 11.6 Å². The zero-order valence-electron chi connectivity index (χ0n) is 8.73. The van der Waals surface area contributed by atoms with Crippen LogP contribution in [0.2, 0.25) is 0 Å². The Bertz CT molecular complexity index is 241. The predicted molar refractivity (Wildman–Crippen MR) is 51.3 cm³/mol. The van der Waals surface area contributed by atoms with Crippen molar-refractivity contribution in [1.82, 2.24) is 0 Å². The van der Waals surface area contributed by atoms with Crippen LogP contribution in [0, 0.1) is 0 Å². The molecular weight excluding hydrogens is 224 g/mol. The third-order valence-electron chi connectivity index (χ3n) is 1.99. The van der Waals surface area contributed by atoms with Crippen molar-refractivity contribution in [2.45, 2.75) is 44.6 Å². The van der Waals surface area contributed by atoms with Gasteiger partial charge in [-0.2, -0.15) is 0 Å². The molecule has 1 unspecified atom stereocenters. The predicted octanol–water partition coefficient (Wildman–Crippen LogP) is 0.833. The molecule has 0 aromatic rings. The Labute approximate surface area is 92.6 Å². The van der Waals surface area contributed by atoms with Gasteiger partial charge in [0.05, 0.1) is 6.10 Å². The van der Waals surface area contributed by atoms with Gasteiger partial charge < -0.3 is 14.2 Å². The summed E-state index contributed by atoms with van der Waals surface area (Å²) in [6, 6.07) is 0. The van der Waals surface area contributed by atoms with Gasteiger partial charge in [0.1, 0.15) is 0 Å². The van der Waals surface area contributed by atoms with Crippen LogP contribution in [0.1, 0.15) is 20.8 Å². The van der Waals surface area contributed by atoms with Crippen molar-refractivity contribution < 1.29 is 23.8 Å². The number of carbonyl (C=O) groups excluding carboxylic acids is 2. The number of hydrogen-bond donors (Lipinski definition) is 0. The summed E-state index contributed by atoms with van der Waals surface area (Å²) in [7, 11) is 0. The van der Waals surface area contributed by atoms with E-state index in [4.69, 9.17) is 25.8 Å². The van der Waals surface area contributed by atoms with Gasteiger partial charge in [-0.3, -0.25) is 9.59 Å². The van der Waals surface area contributed by atoms with Gasteiger partial charge in [0.2, 0.25) is 0 Å². The zero-order valence-corrected chi connectivity index (χ0v) is 9.48. The van der Waals surface area contributed by atoms with Gasteiger partial charge in [-0.05, 0) is 6.92 Å². The first-order valence-electron chi connectivity index (χ1n) is 4.55. The molecule has 0 aliphatic carbocycles. The van der Waals surface area contributed by atoms with Gasteiger partial charge in [0.15, 0.2) is 17.8 Å². The molecule has 15 heavy (non-hydrogen) atoms. The molecular formula is C9H13ClO5. The third kappa shape index (κ3) is 3.07. The Hall–Kier alpha value is -0.810. The summed E-state index contributed by atoms with van der Waals surface area (Å²) in [6.07, 6.45) is -1.78. The van der Waals surface area contributed by atoms with Crippen molar-refractivity contribution in [1.29, 1.82) is 0 Å². The van der Waals surface area contributed by atoms with Crippen LogP contribution in [-0.4, -0.2) is 35.8 Å². The van der Waals surface area contributed by atoms with E-state index in [1.54, 1.807) is 6.92 Å². The molecule has 4 atom stereocenters. The molecule has 6 heteroatoms. The Morgan fingerprint density at radius 3 is 2.07 bits per heavy atom. The van der Waals surface area contributed by atoms with Crippen LogP contribution in [0.5, 0.6) is 0 Å². The lowest BCUT2D eigenvalue weighted by atomic mass is 10.1. The minimum absolute atomic E-state index is 0.388. The van der Waals surface area contributed by atoms with Gasteiger partial charge in [0, 0.05) is 13.8 Å². The summed E-state index contributed by atoms with van der Waals surface area (Å²) < 4.78 is 15.1. The molecule has 1 rings (SSSR count). The fourth-order valence-corrected chi connectivity index (χ4v) is 1.80. The third-order valence-corrected chi connectivity index (χ3v) is 2.34. The second-order valence-corrected chi connectivity index (χ2v) is 3.77. The van der Waals surface area contributed by atoms with Crippen molar-refractivity contribution in [3.8, 4) is 0 Å². The van der Waals surface area contributed by atoms with Crippen LogP contribution in [0.3, 0.4) is 0 Å². The van der Waals surface area contributed by atoms with E-state index in [2.05, 4.69) is 0 Å². The summed E-state index contributed by atoms with van der Waals surface area (Å²) in [5.74, 6) is -0.945. The average Bonchev–Trinajstić information content (AvgIpc) is 2.30. The maximum atomic E-state index is 10.8. The van der Waals surface area contributed by atoms with E-state index >= 15 is 0 Å². The van der Waals surface area contributed by atoms with E-state index in [-0.39, 0.29) is 6.10 Å². The van der Waals surface area contributed by atoms with E-state index in [0.29, 0.717) is 0 Å². The normalized spacial score (nSPS) is 34.9. The topological polar surface area (TPSA) is 61.8 Å². The van der Waals surface area contributed by atoms with E-state index in [1.807, 2.05) is 0 Å². The molecule has 0 saturated carbocycles. The first kappa shape index (κ1) is 12.3. The highest BCUT2D eigenvalue weighted by Crippen LogP contribution is 2.28. The Morgan fingerprint density at radius 1 is 1.13 bits per heavy atom. The van der Waals surface area contributed by atoms with Gasteiger partial charge in [0.25, 0.3) is 0 Å². The molecule has 0 aromatic carbocycles. The second-order valence-electron chi connectivity index (χ2n) is 3.34. The molecule has 0 N–H and O–H groups in total. The molecule has 1 fully saturated rings. The number of carbonyl (C=O) groups is 2. The van der Waals surface area contributed by atoms with Crippen molar-refractivity contribution in [3.05, 3.63) is 0 Å². The molecule has 0 radical (unpaired) electrons. The molecule has 86 valence electrons. The zero-order chi connectivity index (χ0) is 11.6. The lowest BCUT2D eigenvalue weighted by molar-refractivity contribution is -0.162. The minimum atomic E-state index is -0.784. The van der Waals surface area contributed by atoms with Crippen LogP contribution in [0.15, 0.2) is 0 Å². The molecule has 1 saturated heterocycles. The minimum Gasteiger partial charge on any atom is -0.456 e. The van der Waals surface area contributed by atoms with Crippen LogP contribution in [0.4, 0.5) is 0 Å². The van der Waals surface area contributed by atoms with Crippen molar-refractivity contribution in [2.24, 2.45) is 0 Å². The largest absolute Gasteiger partial charge is 0.456 e. The maximum Gasteiger partial charge on any atom is 0.303 e. The lowest BCUT2D eigenvalue weighted by Gasteiger charge is -2.20. The smallest absolute Gasteiger partial charge is 0.303 e. The molecule has 0 amide bonds. The van der Waals surface area contributed by atoms with Gasteiger partial charge in [-0.25, -0.2) is 0 Å². The Balaban J connectivity index is 2.70. The number of hydrogen-bond acceptors (Lipinski definition) is 5. The molecule has 1 aliphatic rings. The monoisotopic (exact) mass is 236 g/mol. The maximum absolute atomic E-state index is 10.8. The number of esters is 2. The first-order valence-corrected chi connectivity index (χ1v) is 4.99. The van der Waals surface area contributed by atoms with Crippen LogP contribution in [-0.2, 0) is 23.8 Å². The molecule has 1 aliphatic heterocycles. The number of halogens is 1. The highest BCUT2D eigenvalue weighted by molar-refractivity contribution is 6.20. The number of alkyl halides is 1. The quantitative estimate of drug-likeness (QED) is 0.525. The molecule has 0 bridgehead atoms. The van der Waals surface area contributed by atoms with E-state index < -0.39 is 29.7 Å². The van der Waals surface area contributed by atoms with Crippen molar-refractivity contribution in [2.75, 3.05) is 0 Å². The molecule has 0 aromatic heterocycles. The van der Waals surface area contributed by atoms with Crippen molar-refractivity contribution in [3.63, 3.8) is 0 Å². The van der Waals surface area contributed by atoms with Crippen LogP contribution in [0.25, 0.3) is 0 Å². The highest BCUT2D eigenvalue weighted by Gasteiger charge is 2.46. The molecule has 1 heterocycles. The molecule has 0 spiro atoms. The number of ether oxygens (including phenoxy) is 3. The Morgan fingerprint density at radius 2 is 1.60 bits per heavy atom. The highest BCUT2D eigenvalue weighted by atomic mass is 35.5. The van der Waals surface area contributed by atoms with E-state index in [9.17, 15) is 9.59 Å². The van der Waals surface area contributed by atoms with Gasteiger partial charge >= 0.3 is 11.9 Å². The summed E-state index contributed by atoms with van der Waals surface area (Å²) in [5.41, 5.74) is -0.784. The Kier molecular flexibility index (Phi) is 3.93. The SMILES string of the molecule is CC(=O)O[C@@H]1[C@@H](C)OC(Cl)[C@@H]1OC(C)=O. The lowest BCUT2D eigenvalue weighted by Crippen LogP contribution is -2.37. The van der Waals surface area contributed by atoms with Crippen LogP contribution >= 0.6 is 11.6 Å². The van der Waals surface area contributed by atoms with Crippen molar-refractivity contribution >= 4 is 23.5 Å². The summed E-state index contributed by atoms with van der Waals surface area (Å²) >= 11 is 5.80. The average molecular weight is 237 g/mol. The van der Waals surface area contributed by atoms with E-state index in [0.717, 1.165) is 0 Å². The standard InChI is InChI=1S/C9H13ClO5/c1-4-7(14-5(2)11)8(9(10)13-4)15-6(3)12/h4,7-9H,1-3H3/t4-,7-,8-,9?/m1/s1. The first-order chi connectivity index (χ1) is 6.91. The summed E-state index contributed by atoms with van der Waals surface area (Å²) in [6.45, 7) is 4.24. The van der Waals surface area contributed by atoms with E-state index in [1.165, 1.54) is 13.8 Å². The number of rotatable bonds is 2. The second kappa shape index (κ2) is 4.81. The summed E-state index contributed by atoms with van der Waals surface area (Å²) in [4.78, 5) is 21.6. The van der Waals surface area contributed by atoms with Crippen LogP contribution < -0.4 is 0 Å². The molecule has 5 nitrogen and oxygen atoms in total. The fraction of sp³-hybridized carbons (Fsp3) is 0.778. The van der Waals surface area contributed by atoms with Gasteiger partial charge in [-0.15, -0.1) is 0 Å².